The van der Waals surface area contributed by atoms with Crippen molar-refractivity contribution in [2.24, 2.45) is 5.73 Å². The monoisotopic (exact) mass is 222 g/mol. The molecule has 0 aromatic heterocycles. The molecular formula is C12H18N2O2. The first-order chi connectivity index (χ1) is 7.81. The van der Waals surface area contributed by atoms with Gasteiger partial charge in [-0.05, 0) is 37.9 Å². The molecule has 0 aliphatic carbocycles. The van der Waals surface area contributed by atoms with Crippen molar-refractivity contribution >= 4 is 5.69 Å². The summed E-state index contributed by atoms with van der Waals surface area (Å²) in [5.74, 6) is 1.66. The van der Waals surface area contributed by atoms with Crippen molar-refractivity contribution in [3.63, 3.8) is 0 Å². The van der Waals surface area contributed by atoms with Crippen LogP contribution in [0.25, 0.3) is 0 Å². The summed E-state index contributed by atoms with van der Waals surface area (Å²) in [7, 11) is 0. The zero-order valence-corrected chi connectivity index (χ0v) is 9.58. The summed E-state index contributed by atoms with van der Waals surface area (Å²) in [4.78, 5) is 0. The van der Waals surface area contributed by atoms with Crippen LogP contribution in [0.1, 0.15) is 18.4 Å². The number of anilines is 1. The molecule has 0 unspecified atom stereocenters. The molecule has 0 saturated heterocycles. The van der Waals surface area contributed by atoms with Crippen LogP contribution >= 0.6 is 0 Å². The number of unbranched alkanes of at least 4 members (excludes halogenated alkanes) is 1. The Morgan fingerprint density at radius 3 is 2.75 bits per heavy atom. The summed E-state index contributed by atoms with van der Waals surface area (Å²) < 4.78 is 10.7. The smallest absolute Gasteiger partial charge is 0.231 e. The summed E-state index contributed by atoms with van der Waals surface area (Å²) in [5, 5.41) is 3.39. The van der Waals surface area contributed by atoms with Crippen LogP contribution in [-0.4, -0.2) is 19.9 Å². The molecule has 1 aliphatic rings. The first-order valence-corrected chi connectivity index (χ1v) is 5.65. The Balaban J connectivity index is 1.98. The van der Waals surface area contributed by atoms with Gasteiger partial charge in [-0.1, -0.05) is 0 Å². The fraction of sp³-hybridized carbons (Fsp3) is 0.500. The van der Waals surface area contributed by atoms with Crippen molar-refractivity contribution in [1.82, 2.24) is 0 Å². The summed E-state index contributed by atoms with van der Waals surface area (Å²) in [6, 6.07) is 4.01. The second kappa shape index (κ2) is 5.07. The number of benzene rings is 1. The topological polar surface area (TPSA) is 56.5 Å². The maximum atomic E-state index is 5.45. The molecule has 0 amide bonds. The molecule has 1 aromatic carbocycles. The van der Waals surface area contributed by atoms with Gasteiger partial charge in [-0.2, -0.15) is 0 Å². The molecule has 1 heterocycles. The van der Waals surface area contributed by atoms with Gasteiger partial charge in [0, 0.05) is 18.3 Å². The highest BCUT2D eigenvalue weighted by atomic mass is 16.7. The van der Waals surface area contributed by atoms with E-state index in [4.69, 9.17) is 15.2 Å². The lowest BCUT2D eigenvalue weighted by molar-refractivity contribution is 0.174. The second-order valence-electron chi connectivity index (χ2n) is 3.94. The molecule has 1 aromatic rings. The molecular weight excluding hydrogens is 204 g/mol. The van der Waals surface area contributed by atoms with Crippen LogP contribution < -0.4 is 20.5 Å². The molecule has 16 heavy (non-hydrogen) atoms. The minimum Gasteiger partial charge on any atom is -0.454 e. The van der Waals surface area contributed by atoms with Gasteiger partial charge in [0.25, 0.3) is 0 Å². The maximum absolute atomic E-state index is 5.45. The fourth-order valence-electron chi connectivity index (χ4n) is 1.73. The third-order valence-electron chi connectivity index (χ3n) is 2.67. The number of hydrogen-bond acceptors (Lipinski definition) is 4. The molecule has 3 N–H and O–H groups in total. The van der Waals surface area contributed by atoms with Crippen LogP contribution in [-0.2, 0) is 0 Å². The fourth-order valence-corrected chi connectivity index (χ4v) is 1.73. The zero-order valence-electron chi connectivity index (χ0n) is 9.58. The summed E-state index contributed by atoms with van der Waals surface area (Å²) in [6.45, 7) is 4.08. The van der Waals surface area contributed by atoms with Crippen LogP contribution in [0.2, 0.25) is 0 Å². The molecule has 2 rings (SSSR count). The Hall–Kier alpha value is -1.42. The van der Waals surface area contributed by atoms with Crippen LogP contribution in [0.3, 0.4) is 0 Å². The number of nitrogens with one attached hydrogen (secondary N) is 1. The lowest BCUT2D eigenvalue weighted by atomic mass is 10.1. The van der Waals surface area contributed by atoms with Gasteiger partial charge in [-0.15, -0.1) is 0 Å². The predicted octanol–water partition coefficient (Wildman–Crippen LogP) is 1.87. The largest absolute Gasteiger partial charge is 0.454 e. The van der Waals surface area contributed by atoms with E-state index >= 15 is 0 Å². The molecule has 0 fully saturated rings. The molecule has 4 nitrogen and oxygen atoms in total. The first kappa shape index (κ1) is 11.1. The Bertz CT molecular complexity index is 366. The minimum absolute atomic E-state index is 0.325. The summed E-state index contributed by atoms with van der Waals surface area (Å²) >= 11 is 0. The SMILES string of the molecule is Cc1cc2c(cc1NCCCCN)OCO2. The van der Waals surface area contributed by atoms with Crippen molar-refractivity contribution in [3.05, 3.63) is 17.7 Å². The van der Waals surface area contributed by atoms with E-state index in [0.29, 0.717) is 6.79 Å². The quantitative estimate of drug-likeness (QED) is 0.747. The van der Waals surface area contributed by atoms with Gasteiger partial charge in [0.1, 0.15) is 0 Å². The Morgan fingerprint density at radius 1 is 1.25 bits per heavy atom. The third kappa shape index (κ3) is 2.39. The molecule has 1 aliphatic heterocycles. The van der Waals surface area contributed by atoms with Crippen LogP contribution in [0.15, 0.2) is 12.1 Å². The van der Waals surface area contributed by atoms with E-state index in [1.54, 1.807) is 0 Å². The van der Waals surface area contributed by atoms with Crippen molar-refractivity contribution in [1.29, 1.82) is 0 Å². The highest BCUT2D eigenvalue weighted by Gasteiger charge is 2.15. The van der Waals surface area contributed by atoms with E-state index in [-0.39, 0.29) is 0 Å². The number of ether oxygens (including phenoxy) is 2. The van der Waals surface area contributed by atoms with Crippen LogP contribution in [0.4, 0.5) is 5.69 Å². The van der Waals surface area contributed by atoms with Gasteiger partial charge in [0.15, 0.2) is 11.5 Å². The van der Waals surface area contributed by atoms with Crippen molar-refractivity contribution in [2.75, 3.05) is 25.2 Å². The average molecular weight is 222 g/mol. The third-order valence-corrected chi connectivity index (χ3v) is 2.67. The number of hydrogen-bond donors (Lipinski definition) is 2. The number of nitrogens with two attached hydrogens (primary N) is 1. The van der Waals surface area contributed by atoms with Crippen molar-refractivity contribution in [3.8, 4) is 11.5 Å². The van der Waals surface area contributed by atoms with Gasteiger partial charge < -0.3 is 20.5 Å². The van der Waals surface area contributed by atoms with Gasteiger partial charge in [0.05, 0.1) is 0 Å². The van der Waals surface area contributed by atoms with Gasteiger partial charge in [-0.25, -0.2) is 0 Å². The minimum atomic E-state index is 0.325. The number of fused-ring (bicyclic) bond motifs is 1. The van der Waals surface area contributed by atoms with E-state index in [1.807, 2.05) is 12.1 Å². The Labute approximate surface area is 95.7 Å². The molecule has 4 heteroatoms. The number of rotatable bonds is 5. The van der Waals surface area contributed by atoms with E-state index in [9.17, 15) is 0 Å². The van der Waals surface area contributed by atoms with Crippen molar-refractivity contribution in [2.45, 2.75) is 19.8 Å². The van der Waals surface area contributed by atoms with E-state index in [2.05, 4.69) is 12.2 Å². The standard InChI is InChI=1S/C12H18N2O2/c1-9-6-11-12(16-8-15-11)7-10(9)14-5-3-2-4-13/h6-7,14H,2-5,8,13H2,1H3. The average Bonchev–Trinajstić information content (AvgIpc) is 2.71. The molecule has 0 bridgehead atoms. The molecule has 88 valence electrons. The van der Waals surface area contributed by atoms with Crippen molar-refractivity contribution < 1.29 is 9.47 Å². The van der Waals surface area contributed by atoms with E-state index in [0.717, 1.165) is 43.1 Å². The Kier molecular flexibility index (Phi) is 3.51. The highest BCUT2D eigenvalue weighted by Crippen LogP contribution is 2.36. The molecule has 0 saturated carbocycles. The number of aryl methyl sites for hydroxylation is 1. The van der Waals surface area contributed by atoms with Crippen LogP contribution in [0, 0.1) is 6.92 Å². The lowest BCUT2D eigenvalue weighted by Gasteiger charge is -2.10. The first-order valence-electron chi connectivity index (χ1n) is 5.65. The van der Waals surface area contributed by atoms with Gasteiger partial charge >= 0.3 is 0 Å². The summed E-state index contributed by atoms with van der Waals surface area (Å²) in [6.07, 6.45) is 2.14. The highest BCUT2D eigenvalue weighted by molar-refractivity contribution is 5.60. The van der Waals surface area contributed by atoms with Gasteiger partial charge in [0.2, 0.25) is 6.79 Å². The maximum Gasteiger partial charge on any atom is 0.231 e. The van der Waals surface area contributed by atoms with Crippen LogP contribution in [0.5, 0.6) is 11.5 Å². The second-order valence-corrected chi connectivity index (χ2v) is 3.94. The van der Waals surface area contributed by atoms with E-state index < -0.39 is 0 Å². The molecule has 0 atom stereocenters. The predicted molar refractivity (Wildman–Crippen MR) is 64.1 cm³/mol. The Morgan fingerprint density at radius 2 is 2.00 bits per heavy atom. The van der Waals surface area contributed by atoms with Gasteiger partial charge in [-0.3, -0.25) is 0 Å². The normalized spacial score (nSPS) is 12.9. The molecule has 0 radical (unpaired) electrons. The van der Waals surface area contributed by atoms with E-state index in [1.165, 1.54) is 5.56 Å². The molecule has 0 spiro atoms. The summed E-state index contributed by atoms with van der Waals surface area (Å²) in [5.41, 5.74) is 7.74. The zero-order chi connectivity index (χ0) is 11.4. The lowest BCUT2D eigenvalue weighted by Crippen LogP contribution is -2.06.